The van der Waals surface area contributed by atoms with Gasteiger partial charge in [-0.05, 0) is 35.4 Å². The molecule has 1 heterocycles. The standard InChI is InChI=1S/C19H15NO3/c1-20-19(22)16-4-2-3-15(11-16)13-5-7-14(8-6-13)18-10-9-17(12-21)23-18/h2-12H,1H3,(H,20,22). The van der Waals surface area contributed by atoms with E-state index in [0.717, 1.165) is 16.7 Å². The van der Waals surface area contributed by atoms with Gasteiger partial charge in [0.15, 0.2) is 12.0 Å². The van der Waals surface area contributed by atoms with Crippen molar-refractivity contribution in [2.24, 2.45) is 0 Å². The van der Waals surface area contributed by atoms with Gasteiger partial charge in [0.1, 0.15) is 5.76 Å². The number of hydrogen-bond acceptors (Lipinski definition) is 3. The van der Waals surface area contributed by atoms with Crippen molar-refractivity contribution in [3.63, 3.8) is 0 Å². The van der Waals surface area contributed by atoms with Gasteiger partial charge in [0, 0.05) is 18.2 Å². The van der Waals surface area contributed by atoms with Gasteiger partial charge in [-0.2, -0.15) is 0 Å². The fourth-order valence-corrected chi connectivity index (χ4v) is 2.38. The van der Waals surface area contributed by atoms with Gasteiger partial charge in [-0.25, -0.2) is 0 Å². The molecule has 0 aliphatic carbocycles. The van der Waals surface area contributed by atoms with Gasteiger partial charge in [0.05, 0.1) is 0 Å². The van der Waals surface area contributed by atoms with E-state index in [-0.39, 0.29) is 5.91 Å². The summed E-state index contributed by atoms with van der Waals surface area (Å²) in [5.41, 5.74) is 3.48. The molecule has 4 heteroatoms. The van der Waals surface area contributed by atoms with Crippen molar-refractivity contribution in [1.82, 2.24) is 5.32 Å². The lowest BCUT2D eigenvalue weighted by Gasteiger charge is -2.06. The molecule has 1 N–H and O–H groups in total. The molecule has 0 saturated carbocycles. The van der Waals surface area contributed by atoms with Crippen molar-refractivity contribution in [3.05, 3.63) is 72.0 Å². The number of amides is 1. The van der Waals surface area contributed by atoms with Crippen molar-refractivity contribution in [2.45, 2.75) is 0 Å². The highest BCUT2D eigenvalue weighted by molar-refractivity contribution is 5.95. The maximum Gasteiger partial charge on any atom is 0.251 e. The van der Waals surface area contributed by atoms with E-state index in [1.54, 1.807) is 25.2 Å². The van der Waals surface area contributed by atoms with Gasteiger partial charge >= 0.3 is 0 Å². The highest BCUT2D eigenvalue weighted by Crippen LogP contribution is 2.26. The minimum absolute atomic E-state index is 0.111. The summed E-state index contributed by atoms with van der Waals surface area (Å²) >= 11 is 0. The van der Waals surface area contributed by atoms with Gasteiger partial charge in [0.25, 0.3) is 5.91 Å². The average Bonchev–Trinajstić information content (AvgIpc) is 3.10. The molecule has 3 rings (SSSR count). The van der Waals surface area contributed by atoms with Crippen LogP contribution in [0.15, 0.2) is 65.1 Å². The molecule has 1 aromatic heterocycles. The van der Waals surface area contributed by atoms with Crippen molar-refractivity contribution in [3.8, 4) is 22.5 Å². The molecule has 0 radical (unpaired) electrons. The summed E-state index contributed by atoms with van der Waals surface area (Å²) in [7, 11) is 1.61. The first-order valence-corrected chi connectivity index (χ1v) is 7.19. The summed E-state index contributed by atoms with van der Waals surface area (Å²) in [5, 5.41) is 2.62. The van der Waals surface area contributed by atoms with Crippen LogP contribution in [0, 0.1) is 0 Å². The van der Waals surface area contributed by atoms with Crippen LogP contribution in [-0.4, -0.2) is 19.2 Å². The summed E-state index contributed by atoms with van der Waals surface area (Å²) in [6, 6.07) is 18.6. The SMILES string of the molecule is CNC(=O)c1cccc(-c2ccc(-c3ccc(C=O)o3)cc2)c1. The third-order valence-corrected chi connectivity index (χ3v) is 3.60. The molecule has 0 bridgehead atoms. The first-order valence-electron chi connectivity index (χ1n) is 7.19. The molecule has 2 aromatic carbocycles. The Morgan fingerprint density at radius 3 is 2.35 bits per heavy atom. The number of carbonyl (C=O) groups is 2. The quantitative estimate of drug-likeness (QED) is 0.746. The number of hydrogen-bond donors (Lipinski definition) is 1. The van der Waals surface area contributed by atoms with Crippen LogP contribution in [0.4, 0.5) is 0 Å². The van der Waals surface area contributed by atoms with E-state index >= 15 is 0 Å². The van der Waals surface area contributed by atoms with E-state index in [1.165, 1.54) is 0 Å². The summed E-state index contributed by atoms with van der Waals surface area (Å²) in [4.78, 5) is 22.4. The zero-order valence-electron chi connectivity index (χ0n) is 12.6. The van der Waals surface area contributed by atoms with Gasteiger partial charge < -0.3 is 9.73 Å². The molecule has 0 unspecified atom stereocenters. The van der Waals surface area contributed by atoms with Crippen LogP contribution in [0.3, 0.4) is 0 Å². The van der Waals surface area contributed by atoms with Crippen LogP contribution < -0.4 is 5.32 Å². The first kappa shape index (κ1) is 14.8. The number of aldehydes is 1. The highest BCUT2D eigenvalue weighted by Gasteiger charge is 2.07. The molecule has 0 aliphatic rings. The average molecular weight is 305 g/mol. The van der Waals surface area contributed by atoms with Crippen molar-refractivity contribution >= 4 is 12.2 Å². The first-order chi connectivity index (χ1) is 11.2. The molecule has 0 saturated heterocycles. The second-order valence-electron chi connectivity index (χ2n) is 5.06. The normalized spacial score (nSPS) is 10.3. The van der Waals surface area contributed by atoms with E-state index in [1.807, 2.05) is 42.5 Å². The van der Waals surface area contributed by atoms with Crippen LogP contribution in [-0.2, 0) is 0 Å². The maximum atomic E-state index is 11.7. The molecule has 0 fully saturated rings. The Bertz CT molecular complexity index is 847. The second-order valence-corrected chi connectivity index (χ2v) is 5.06. The lowest BCUT2D eigenvalue weighted by Crippen LogP contribution is -2.17. The van der Waals surface area contributed by atoms with Gasteiger partial charge in [0.2, 0.25) is 0 Å². The zero-order chi connectivity index (χ0) is 16.2. The molecule has 1 amide bonds. The van der Waals surface area contributed by atoms with E-state index in [2.05, 4.69) is 5.32 Å². The number of carbonyl (C=O) groups excluding carboxylic acids is 2. The molecule has 23 heavy (non-hydrogen) atoms. The molecule has 4 nitrogen and oxygen atoms in total. The minimum Gasteiger partial charge on any atom is -0.453 e. The fourth-order valence-electron chi connectivity index (χ4n) is 2.38. The van der Waals surface area contributed by atoms with Gasteiger partial charge in [-0.3, -0.25) is 9.59 Å². The number of rotatable bonds is 4. The lowest BCUT2D eigenvalue weighted by atomic mass is 10.0. The Hall–Kier alpha value is -3.14. The molecule has 3 aromatic rings. The van der Waals surface area contributed by atoms with Crippen LogP contribution in [0.1, 0.15) is 20.9 Å². The van der Waals surface area contributed by atoms with E-state index in [4.69, 9.17) is 4.42 Å². The number of benzene rings is 2. The summed E-state index contributed by atoms with van der Waals surface area (Å²) < 4.78 is 5.41. The smallest absolute Gasteiger partial charge is 0.251 e. The largest absolute Gasteiger partial charge is 0.453 e. The summed E-state index contributed by atoms with van der Waals surface area (Å²) in [6.45, 7) is 0. The van der Waals surface area contributed by atoms with Gasteiger partial charge in [-0.15, -0.1) is 0 Å². The lowest BCUT2D eigenvalue weighted by molar-refractivity contribution is 0.0962. The predicted octanol–water partition coefficient (Wildman–Crippen LogP) is 3.79. The summed E-state index contributed by atoms with van der Waals surface area (Å²) in [5.74, 6) is 0.848. The summed E-state index contributed by atoms with van der Waals surface area (Å²) in [6.07, 6.45) is 0.683. The fraction of sp³-hybridized carbons (Fsp3) is 0.0526. The van der Waals surface area contributed by atoms with E-state index in [0.29, 0.717) is 23.4 Å². The third kappa shape index (κ3) is 3.06. The molecular weight excluding hydrogens is 290 g/mol. The van der Waals surface area contributed by atoms with Crippen LogP contribution >= 0.6 is 0 Å². The zero-order valence-corrected chi connectivity index (χ0v) is 12.6. The Kier molecular flexibility index (Phi) is 4.06. The monoisotopic (exact) mass is 305 g/mol. The maximum absolute atomic E-state index is 11.7. The van der Waals surface area contributed by atoms with E-state index < -0.39 is 0 Å². The van der Waals surface area contributed by atoms with Crippen molar-refractivity contribution in [2.75, 3.05) is 7.05 Å². The molecule has 114 valence electrons. The Morgan fingerprint density at radius 1 is 0.957 bits per heavy atom. The highest BCUT2D eigenvalue weighted by atomic mass is 16.3. The van der Waals surface area contributed by atoms with Crippen LogP contribution in [0.25, 0.3) is 22.5 Å². The Labute approximate surface area is 133 Å². The topological polar surface area (TPSA) is 59.3 Å². The van der Waals surface area contributed by atoms with E-state index in [9.17, 15) is 9.59 Å². The van der Waals surface area contributed by atoms with Crippen molar-refractivity contribution in [1.29, 1.82) is 0 Å². The third-order valence-electron chi connectivity index (χ3n) is 3.60. The molecule has 0 spiro atoms. The predicted molar refractivity (Wildman–Crippen MR) is 88.4 cm³/mol. The number of furan rings is 1. The second kappa shape index (κ2) is 6.32. The Morgan fingerprint density at radius 2 is 1.70 bits per heavy atom. The van der Waals surface area contributed by atoms with Crippen molar-refractivity contribution < 1.29 is 14.0 Å². The molecule has 0 aliphatic heterocycles. The van der Waals surface area contributed by atoms with Crippen LogP contribution in [0.2, 0.25) is 0 Å². The minimum atomic E-state index is -0.111. The number of nitrogens with one attached hydrogen (secondary N) is 1. The molecule has 0 atom stereocenters. The molecular formula is C19H15NO3. The van der Waals surface area contributed by atoms with Gasteiger partial charge in [-0.1, -0.05) is 36.4 Å². The Balaban J connectivity index is 1.90. The van der Waals surface area contributed by atoms with Crippen LogP contribution in [0.5, 0.6) is 0 Å².